The first-order valence-corrected chi connectivity index (χ1v) is 8.19. The Hall–Kier alpha value is -1.49. The Morgan fingerprint density at radius 3 is 2.81 bits per heavy atom. The monoisotopic (exact) mass is 335 g/mol. The van der Waals surface area contributed by atoms with Gasteiger partial charge in [-0.15, -0.1) is 11.3 Å². The fourth-order valence-corrected chi connectivity index (χ4v) is 4.54. The number of nitrogens with zero attached hydrogens (tertiary/aromatic N) is 1. The van der Waals surface area contributed by atoms with E-state index in [2.05, 4.69) is 4.74 Å². The van der Waals surface area contributed by atoms with Gasteiger partial charge in [-0.25, -0.2) is 18.0 Å². The number of carbonyl (C=O) groups excluding carboxylic acids is 1. The summed E-state index contributed by atoms with van der Waals surface area (Å²) in [6.45, 7) is 0.00159. The minimum atomic E-state index is -3.85. The summed E-state index contributed by atoms with van der Waals surface area (Å²) in [5.74, 6) is -1.84. The first-order chi connectivity index (χ1) is 9.86. The average Bonchev–Trinajstić information content (AvgIpc) is 2.97. The highest BCUT2D eigenvalue weighted by Crippen LogP contribution is 2.25. The van der Waals surface area contributed by atoms with Gasteiger partial charge in [0.1, 0.15) is 4.21 Å². The summed E-state index contributed by atoms with van der Waals surface area (Å²) in [6.07, 6.45) is -0.975. The smallest absolute Gasteiger partial charge is 0.336 e. The summed E-state index contributed by atoms with van der Waals surface area (Å²) in [6, 6.07) is 1.10. The molecule has 1 N–H and O–H groups in total. The molecule has 0 bridgehead atoms. The molecular formula is C11H13NO7S2. The van der Waals surface area contributed by atoms with Gasteiger partial charge in [0.2, 0.25) is 0 Å². The van der Waals surface area contributed by atoms with E-state index in [-0.39, 0.29) is 29.5 Å². The van der Waals surface area contributed by atoms with E-state index in [0.29, 0.717) is 0 Å². The van der Waals surface area contributed by atoms with Crippen LogP contribution in [0.3, 0.4) is 0 Å². The van der Waals surface area contributed by atoms with Gasteiger partial charge in [-0.05, 0) is 6.07 Å². The topological polar surface area (TPSA) is 110 Å². The van der Waals surface area contributed by atoms with Crippen LogP contribution in [0.5, 0.6) is 0 Å². The van der Waals surface area contributed by atoms with Crippen molar-refractivity contribution in [2.24, 2.45) is 0 Å². The van der Waals surface area contributed by atoms with E-state index >= 15 is 0 Å². The molecule has 116 valence electrons. The van der Waals surface area contributed by atoms with E-state index in [9.17, 15) is 18.0 Å². The maximum atomic E-state index is 12.4. The molecule has 2 rings (SSSR count). The summed E-state index contributed by atoms with van der Waals surface area (Å²) in [5, 5.41) is 10.1. The Kier molecular flexibility index (Phi) is 4.61. The lowest BCUT2D eigenvalue weighted by atomic mass is 10.3. The molecule has 1 fully saturated rings. The molecule has 1 aliphatic rings. The Morgan fingerprint density at radius 1 is 1.52 bits per heavy atom. The van der Waals surface area contributed by atoms with Crippen LogP contribution in [-0.2, 0) is 24.3 Å². The highest BCUT2D eigenvalue weighted by molar-refractivity contribution is 7.91. The number of rotatable bonds is 4. The third-order valence-corrected chi connectivity index (χ3v) is 6.19. The van der Waals surface area contributed by atoms with Crippen molar-refractivity contribution in [3.8, 4) is 0 Å². The SMILES string of the molecule is COC(=O)C1CN(S(=O)(=O)c2cc(C(=O)O)cs2)CCO1. The van der Waals surface area contributed by atoms with Gasteiger partial charge < -0.3 is 14.6 Å². The number of aromatic carboxylic acids is 1. The molecule has 0 radical (unpaired) electrons. The molecule has 21 heavy (non-hydrogen) atoms. The highest BCUT2D eigenvalue weighted by atomic mass is 32.2. The van der Waals surface area contributed by atoms with Crippen LogP contribution in [0.1, 0.15) is 10.4 Å². The first kappa shape index (κ1) is 15.9. The van der Waals surface area contributed by atoms with Crippen LogP contribution in [0.15, 0.2) is 15.7 Å². The summed E-state index contributed by atoms with van der Waals surface area (Å²) in [7, 11) is -2.66. The van der Waals surface area contributed by atoms with Crippen molar-refractivity contribution in [2.75, 3.05) is 26.8 Å². The zero-order valence-corrected chi connectivity index (χ0v) is 12.6. The average molecular weight is 335 g/mol. The van der Waals surface area contributed by atoms with Gasteiger partial charge in [0.15, 0.2) is 6.10 Å². The fraction of sp³-hybridized carbons (Fsp3) is 0.455. The molecule has 0 spiro atoms. The van der Waals surface area contributed by atoms with Gasteiger partial charge in [-0.1, -0.05) is 0 Å². The van der Waals surface area contributed by atoms with Gasteiger partial charge in [0.05, 0.1) is 25.8 Å². The lowest BCUT2D eigenvalue weighted by molar-refractivity contribution is -0.157. The second-order valence-corrected chi connectivity index (χ2v) is 7.28. The molecule has 0 aromatic carbocycles. The van der Waals surface area contributed by atoms with Crippen molar-refractivity contribution in [1.29, 1.82) is 0 Å². The van der Waals surface area contributed by atoms with Crippen molar-refractivity contribution in [1.82, 2.24) is 4.31 Å². The fourth-order valence-electron chi connectivity index (χ4n) is 1.81. The van der Waals surface area contributed by atoms with E-state index in [1.807, 2.05) is 0 Å². The molecular weight excluding hydrogens is 322 g/mol. The molecule has 0 amide bonds. The maximum Gasteiger partial charge on any atom is 0.336 e. The maximum absolute atomic E-state index is 12.4. The van der Waals surface area contributed by atoms with Gasteiger partial charge in [0.25, 0.3) is 10.0 Å². The van der Waals surface area contributed by atoms with E-state index in [1.54, 1.807) is 0 Å². The van der Waals surface area contributed by atoms with Crippen LogP contribution < -0.4 is 0 Å². The molecule has 0 aliphatic carbocycles. The third kappa shape index (κ3) is 3.23. The lowest BCUT2D eigenvalue weighted by Crippen LogP contribution is -2.48. The zero-order valence-electron chi connectivity index (χ0n) is 11.0. The molecule has 0 saturated carbocycles. The van der Waals surface area contributed by atoms with Gasteiger partial charge in [-0.2, -0.15) is 4.31 Å². The quantitative estimate of drug-likeness (QED) is 0.772. The van der Waals surface area contributed by atoms with Crippen LogP contribution in [0.2, 0.25) is 0 Å². The summed E-state index contributed by atoms with van der Waals surface area (Å²) < 4.78 is 35.5. The number of esters is 1. The van der Waals surface area contributed by atoms with Crippen LogP contribution in [0, 0.1) is 0 Å². The molecule has 1 atom stereocenters. The van der Waals surface area contributed by atoms with Crippen molar-refractivity contribution in [3.63, 3.8) is 0 Å². The Bertz CT molecular complexity index is 651. The largest absolute Gasteiger partial charge is 0.478 e. The lowest BCUT2D eigenvalue weighted by Gasteiger charge is -2.30. The summed E-state index contributed by atoms with van der Waals surface area (Å²) in [4.78, 5) is 22.2. The summed E-state index contributed by atoms with van der Waals surface area (Å²) in [5.41, 5.74) is -0.0867. The van der Waals surface area contributed by atoms with E-state index in [4.69, 9.17) is 9.84 Å². The number of morpholine rings is 1. The molecule has 1 unspecified atom stereocenters. The number of thiophene rings is 1. The molecule has 1 aromatic heterocycles. The number of sulfonamides is 1. The zero-order chi connectivity index (χ0) is 15.6. The first-order valence-electron chi connectivity index (χ1n) is 5.87. The Labute approximate surface area is 124 Å². The van der Waals surface area contributed by atoms with Gasteiger partial charge in [-0.3, -0.25) is 0 Å². The standard InChI is InChI=1S/C11H13NO7S2/c1-18-11(15)8-5-12(2-3-19-8)21(16,17)9-4-7(6-20-9)10(13)14/h4,6,8H,2-3,5H2,1H3,(H,13,14). The number of carbonyl (C=O) groups is 2. The minimum Gasteiger partial charge on any atom is -0.478 e. The molecule has 1 aliphatic heterocycles. The Morgan fingerprint density at radius 2 is 2.24 bits per heavy atom. The molecule has 2 heterocycles. The summed E-state index contributed by atoms with van der Waals surface area (Å²) >= 11 is 0.826. The van der Waals surface area contributed by atoms with E-state index < -0.39 is 28.1 Å². The van der Waals surface area contributed by atoms with Crippen LogP contribution >= 0.6 is 11.3 Å². The predicted molar refractivity (Wildman–Crippen MR) is 71.8 cm³/mol. The molecule has 10 heteroatoms. The van der Waals surface area contributed by atoms with Crippen molar-refractivity contribution in [2.45, 2.75) is 10.3 Å². The molecule has 8 nitrogen and oxygen atoms in total. The normalized spacial score (nSPS) is 20.1. The van der Waals surface area contributed by atoms with Gasteiger partial charge >= 0.3 is 11.9 Å². The van der Waals surface area contributed by atoms with Crippen molar-refractivity contribution in [3.05, 3.63) is 17.0 Å². The second kappa shape index (κ2) is 6.10. The molecule has 1 aromatic rings. The second-order valence-electron chi connectivity index (χ2n) is 4.21. The van der Waals surface area contributed by atoms with E-state index in [1.165, 1.54) is 12.5 Å². The minimum absolute atomic E-state index is 0.0656. The third-order valence-electron chi connectivity index (χ3n) is 2.91. The van der Waals surface area contributed by atoms with Crippen LogP contribution in [0.25, 0.3) is 0 Å². The van der Waals surface area contributed by atoms with Crippen molar-refractivity contribution >= 4 is 33.3 Å². The number of carboxylic acids is 1. The van der Waals surface area contributed by atoms with Crippen LogP contribution in [-0.4, -0.2) is 62.7 Å². The van der Waals surface area contributed by atoms with Crippen molar-refractivity contribution < 1.29 is 32.6 Å². The van der Waals surface area contributed by atoms with Crippen LogP contribution in [0.4, 0.5) is 0 Å². The van der Waals surface area contributed by atoms with Gasteiger partial charge in [0, 0.05) is 11.9 Å². The number of hydrogen-bond acceptors (Lipinski definition) is 7. The number of hydrogen-bond donors (Lipinski definition) is 1. The highest BCUT2D eigenvalue weighted by Gasteiger charge is 2.35. The number of ether oxygens (including phenoxy) is 2. The Balaban J connectivity index is 2.22. The number of carboxylic acid groups (broad SMARTS) is 1. The molecule has 1 saturated heterocycles. The number of methoxy groups -OCH3 is 1. The van der Waals surface area contributed by atoms with E-state index in [0.717, 1.165) is 21.7 Å². The predicted octanol–water partition coefficient (Wildman–Crippen LogP) is 0.00880.